The van der Waals surface area contributed by atoms with Gasteiger partial charge in [0.1, 0.15) is 17.2 Å². The van der Waals surface area contributed by atoms with Crippen LogP contribution in [0.2, 0.25) is 0 Å². The summed E-state index contributed by atoms with van der Waals surface area (Å²) in [7, 11) is 0. The van der Waals surface area contributed by atoms with E-state index in [1.807, 2.05) is 0 Å². The van der Waals surface area contributed by atoms with E-state index in [0.29, 0.717) is 6.07 Å². The van der Waals surface area contributed by atoms with Gasteiger partial charge in [-0.3, -0.25) is 0 Å². The molecule has 0 spiro atoms. The SMILES string of the molecule is CCOC(=O)c1nn(-c2ccc(C(F)(F)F)cc2N)nc1Oc1cccc(OC(F)(F)F)c1. The molecule has 8 nitrogen and oxygen atoms in total. The van der Waals surface area contributed by atoms with E-state index in [4.69, 9.17) is 15.2 Å². The highest BCUT2D eigenvalue weighted by molar-refractivity contribution is 5.89. The molecule has 0 saturated carbocycles. The molecule has 0 atom stereocenters. The molecule has 176 valence electrons. The molecule has 1 aromatic heterocycles. The second kappa shape index (κ2) is 8.88. The number of benzene rings is 2. The molecule has 0 unspecified atom stereocenters. The van der Waals surface area contributed by atoms with E-state index in [0.717, 1.165) is 29.1 Å². The largest absolute Gasteiger partial charge is 0.573 e. The van der Waals surface area contributed by atoms with E-state index in [1.165, 1.54) is 19.1 Å². The predicted octanol–water partition coefficient (Wildman–Crippen LogP) is 4.74. The van der Waals surface area contributed by atoms with Crippen LogP contribution in [0.1, 0.15) is 23.0 Å². The van der Waals surface area contributed by atoms with Crippen molar-refractivity contribution in [2.45, 2.75) is 19.5 Å². The molecular formula is C19H14F6N4O4. The lowest BCUT2D eigenvalue weighted by molar-refractivity contribution is -0.274. The van der Waals surface area contributed by atoms with Gasteiger partial charge in [0, 0.05) is 6.07 Å². The molecule has 0 saturated heterocycles. The fourth-order valence-electron chi connectivity index (χ4n) is 2.56. The van der Waals surface area contributed by atoms with Crippen LogP contribution in [0.15, 0.2) is 42.5 Å². The smallest absolute Gasteiger partial charge is 0.461 e. The topological polar surface area (TPSA) is 101 Å². The number of rotatable bonds is 6. The van der Waals surface area contributed by atoms with Gasteiger partial charge in [0.25, 0.3) is 5.88 Å². The highest BCUT2D eigenvalue weighted by Crippen LogP contribution is 2.33. The molecule has 2 N–H and O–H groups in total. The van der Waals surface area contributed by atoms with E-state index in [9.17, 15) is 31.1 Å². The number of nitrogens with zero attached hydrogens (tertiary/aromatic N) is 3. The summed E-state index contributed by atoms with van der Waals surface area (Å²) in [5.74, 6) is -2.28. The standard InChI is InChI=1S/C19H14F6N4O4/c1-2-31-17(30)15-16(32-11-4-3-5-12(9-11)33-19(23,24)25)28-29(27-15)14-7-6-10(8-13(14)26)18(20,21)22/h3-9H,2,26H2,1H3. The summed E-state index contributed by atoms with van der Waals surface area (Å²) in [5, 5.41) is 7.76. The van der Waals surface area contributed by atoms with E-state index < -0.39 is 41.4 Å². The Balaban J connectivity index is 1.99. The quantitative estimate of drug-likeness (QED) is 0.312. The first kappa shape index (κ1) is 23.7. The Kier molecular flexibility index (Phi) is 6.37. The molecule has 1 heterocycles. The van der Waals surface area contributed by atoms with Crippen molar-refractivity contribution >= 4 is 11.7 Å². The van der Waals surface area contributed by atoms with Crippen molar-refractivity contribution in [3.05, 3.63) is 53.7 Å². The number of carbonyl (C=O) groups is 1. The maximum Gasteiger partial charge on any atom is 0.573 e. The molecule has 0 fully saturated rings. The first-order chi connectivity index (χ1) is 15.4. The Labute approximate surface area is 181 Å². The van der Waals surface area contributed by atoms with Gasteiger partial charge in [-0.15, -0.1) is 28.2 Å². The van der Waals surface area contributed by atoms with Gasteiger partial charge in [0.15, 0.2) is 0 Å². The fourth-order valence-corrected chi connectivity index (χ4v) is 2.56. The average molecular weight is 476 g/mol. The van der Waals surface area contributed by atoms with Crippen molar-refractivity contribution in [3.63, 3.8) is 0 Å². The van der Waals surface area contributed by atoms with E-state index in [2.05, 4.69) is 14.9 Å². The third kappa shape index (κ3) is 5.84. The van der Waals surface area contributed by atoms with Gasteiger partial charge in [-0.1, -0.05) is 6.07 Å². The number of nitrogens with two attached hydrogens (primary N) is 1. The van der Waals surface area contributed by atoms with Crippen molar-refractivity contribution in [1.82, 2.24) is 15.0 Å². The Morgan fingerprint density at radius 2 is 1.73 bits per heavy atom. The van der Waals surface area contributed by atoms with Crippen molar-refractivity contribution in [3.8, 4) is 23.1 Å². The monoisotopic (exact) mass is 476 g/mol. The molecule has 2 aromatic carbocycles. The minimum absolute atomic E-state index is 0.0531. The zero-order chi connectivity index (χ0) is 24.4. The molecule has 3 aromatic rings. The molecule has 0 amide bonds. The maximum absolute atomic E-state index is 12.9. The lowest BCUT2D eigenvalue weighted by atomic mass is 10.1. The molecule has 0 aliphatic carbocycles. The van der Waals surface area contributed by atoms with Crippen LogP contribution in [0.25, 0.3) is 5.69 Å². The van der Waals surface area contributed by atoms with Crippen molar-refractivity contribution in [2.24, 2.45) is 0 Å². The summed E-state index contributed by atoms with van der Waals surface area (Å²) in [5.41, 5.74) is 3.72. The summed E-state index contributed by atoms with van der Waals surface area (Å²) >= 11 is 0. The molecular weight excluding hydrogens is 462 g/mol. The van der Waals surface area contributed by atoms with Crippen LogP contribution < -0.4 is 15.2 Å². The lowest BCUT2D eigenvalue weighted by Gasteiger charge is -2.10. The van der Waals surface area contributed by atoms with E-state index in [-0.39, 0.29) is 23.7 Å². The van der Waals surface area contributed by atoms with E-state index in [1.54, 1.807) is 0 Å². The number of anilines is 1. The second-order valence-corrected chi connectivity index (χ2v) is 6.26. The van der Waals surface area contributed by atoms with E-state index >= 15 is 0 Å². The summed E-state index contributed by atoms with van der Waals surface area (Å²) in [6.07, 6.45) is -9.59. The van der Waals surface area contributed by atoms with Crippen molar-refractivity contribution in [1.29, 1.82) is 0 Å². The third-order valence-electron chi connectivity index (χ3n) is 3.88. The second-order valence-electron chi connectivity index (χ2n) is 6.26. The van der Waals surface area contributed by atoms with Gasteiger partial charge < -0.3 is 19.9 Å². The third-order valence-corrected chi connectivity index (χ3v) is 3.88. The molecule has 0 bridgehead atoms. The van der Waals surface area contributed by atoms with Crippen LogP contribution in [-0.2, 0) is 10.9 Å². The predicted molar refractivity (Wildman–Crippen MR) is 99.9 cm³/mol. The zero-order valence-corrected chi connectivity index (χ0v) is 16.6. The molecule has 14 heteroatoms. The first-order valence-electron chi connectivity index (χ1n) is 9.02. The number of hydrogen-bond acceptors (Lipinski definition) is 7. The van der Waals surface area contributed by atoms with Gasteiger partial charge >= 0.3 is 18.5 Å². The van der Waals surface area contributed by atoms with Crippen LogP contribution in [-0.4, -0.2) is 33.9 Å². The van der Waals surface area contributed by atoms with Crippen LogP contribution >= 0.6 is 0 Å². The minimum Gasteiger partial charge on any atom is -0.461 e. The molecule has 0 aliphatic rings. The number of esters is 1. The minimum atomic E-state index is -4.95. The summed E-state index contributed by atoms with van der Waals surface area (Å²) < 4.78 is 90.1. The number of alkyl halides is 6. The van der Waals surface area contributed by atoms with Crippen molar-refractivity contribution < 1.29 is 45.3 Å². The number of nitrogen functional groups attached to an aromatic ring is 1. The Morgan fingerprint density at radius 3 is 2.33 bits per heavy atom. The molecule has 0 radical (unpaired) electrons. The summed E-state index contributed by atoms with van der Waals surface area (Å²) in [4.78, 5) is 13.0. The van der Waals surface area contributed by atoms with Crippen molar-refractivity contribution in [2.75, 3.05) is 12.3 Å². The maximum atomic E-state index is 12.9. The normalized spacial score (nSPS) is 11.8. The van der Waals surface area contributed by atoms with Crippen LogP contribution in [0.3, 0.4) is 0 Å². The number of hydrogen-bond donors (Lipinski definition) is 1. The Hall–Kier alpha value is -3.97. The molecule has 3 rings (SSSR count). The van der Waals surface area contributed by atoms with Crippen LogP contribution in [0.5, 0.6) is 17.4 Å². The van der Waals surface area contributed by atoms with Crippen LogP contribution in [0, 0.1) is 0 Å². The zero-order valence-electron chi connectivity index (χ0n) is 16.6. The van der Waals surface area contributed by atoms with Gasteiger partial charge in [-0.25, -0.2) is 4.79 Å². The lowest BCUT2D eigenvalue weighted by Crippen LogP contribution is -2.17. The first-order valence-corrected chi connectivity index (χ1v) is 9.02. The molecule has 0 aliphatic heterocycles. The number of aromatic nitrogens is 3. The highest BCUT2D eigenvalue weighted by Gasteiger charge is 2.32. The number of halogens is 6. The van der Waals surface area contributed by atoms with Crippen LogP contribution in [0.4, 0.5) is 32.0 Å². The Bertz CT molecular complexity index is 1160. The number of carbonyl (C=O) groups excluding carboxylic acids is 1. The fraction of sp³-hybridized carbons (Fsp3) is 0.211. The van der Waals surface area contributed by atoms with Gasteiger partial charge in [-0.2, -0.15) is 13.2 Å². The number of ether oxygens (including phenoxy) is 3. The molecule has 33 heavy (non-hydrogen) atoms. The summed E-state index contributed by atoms with van der Waals surface area (Å²) in [6.45, 7) is 1.46. The van der Waals surface area contributed by atoms with Gasteiger partial charge in [0.05, 0.1) is 17.9 Å². The average Bonchev–Trinajstić information content (AvgIpc) is 3.10. The van der Waals surface area contributed by atoms with Gasteiger partial charge in [-0.05, 0) is 37.3 Å². The summed E-state index contributed by atoms with van der Waals surface area (Å²) in [6, 6.07) is 6.72. The highest BCUT2D eigenvalue weighted by atomic mass is 19.4. The Morgan fingerprint density at radius 1 is 1.03 bits per heavy atom. The van der Waals surface area contributed by atoms with Gasteiger partial charge in [0.2, 0.25) is 5.69 Å².